The van der Waals surface area contributed by atoms with Crippen LogP contribution in [-0.2, 0) is 17.1 Å². The van der Waals surface area contributed by atoms with E-state index >= 15 is 0 Å². The van der Waals surface area contributed by atoms with E-state index in [9.17, 15) is 8.42 Å². The fourth-order valence-electron chi connectivity index (χ4n) is 1.70. The smallest absolute Gasteiger partial charge is 0.256 e. The number of nitrogens with zero attached hydrogens (tertiary/aromatic N) is 4. The third-order valence-electron chi connectivity index (χ3n) is 2.58. The van der Waals surface area contributed by atoms with Crippen molar-refractivity contribution in [2.45, 2.75) is 11.9 Å². The summed E-state index contributed by atoms with van der Waals surface area (Å²) in [5.74, 6) is 0.381. The van der Waals surface area contributed by atoms with E-state index in [2.05, 4.69) is 26.0 Å². The fraction of sp³-hybridized carbons (Fsp3) is 0.273. The highest BCUT2D eigenvalue weighted by Crippen LogP contribution is 2.22. The Morgan fingerprint density at radius 1 is 1.37 bits per heavy atom. The molecule has 0 aliphatic carbocycles. The monoisotopic (exact) mass is 344 g/mol. The Bertz CT molecular complexity index is 666. The van der Waals surface area contributed by atoms with Gasteiger partial charge in [0.1, 0.15) is 5.82 Å². The first-order valence-electron chi connectivity index (χ1n) is 5.59. The van der Waals surface area contributed by atoms with Crippen molar-refractivity contribution >= 4 is 31.8 Å². The molecule has 0 radical (unpaired) electrons. The second-order valence-electron chi connectivity index (χ2n) is 3.80. The molecule has 0 atom stereocenters. The van der Waals surface area contributed by atoms with Gasteiger partial charge in [-0.15, -0.1) is 0 Å². The molecular formula is C11H13BrN4O2S. The number of aryl methyl sites for hydroxylation is 1. The van der Waals surface area contributed by atoms with Gasteiger partial charge in [0, 0.05) is 24.3 Å². The first-order chi connectivity index (χ1) is 8.96. The molecule has 2 aromatic heterocycles. The summed E-state index contributed by atoms with van der Waals surface area (Å²) in [7, 11) is -2.06. The summed E-state index contributed by atoms with van der Waals surface area (Å²) in [6.07, 6.45) is 3.02. The van der Waals surface area contributed by atoms with Crippen molar-refractivity contribution in [2.75, 3.05) is 10.8 Å². The van der Waals surface area contributed by atoms with Crippen LogP contribution in [0.4, 0.5) is 5.82 Å². The van der Waals surface area contributed by atoms with Gasteiger partial charge in [0.25, 0.3) is 10.0 Å². The molecule has 0 bridgehead atoms. The zero-order valence-electron chi connectivity index (χ0n) is 10.5. The van der Waals surface area contributed by atoms with Crippen LogP contribution in [0.1, 0.15) is 6.92 Å². The first-order valence-corrected chi connectivity index (χ1v) is 7.82. The summed E-state index contributed by atoms with van der Waals surface area (Å²) in [6.45, 7) is 2.06. The van der Waals surface area contributed by atoms with Crippen molar-refractivity contribution in [2.24, 2.45) is 7.05 Å². The zero-order valence-corrected chi connectivity index (χ0v) is 12.9. The molecule has 0 N–H and O–H groups in total. The molecule has 2 aromatic rings. The Hall–Kier alpha value is -1.41. The summed E-state index contributed by atoms with van der Waals surface area (Å²) < 4.78 is 28.5. The SMILES string of the molecule is CCN(c1ccc(Br)cn1)S(=O)(=O)c1ccnn1C. The molecule has 0 unspecified atom stereocenters. The molecule has 0 saturated heterocycles. The highest BCUT2D eigenvalue weighted by molar-refractivity contribution is 9.10. The van der Waals surface area contributed by atoms with Gasteiger partial charge in [-0.25, -0.2) is 9.29 Å². The van der Waals surface area contributed by atoms with Crippen LogP contribution in [0.2, 0.25) is 0 Å². The van der Waals surface area contributed by atoms with E-state index in [1.807, 2.05) is 0 Å². The third-order valence-corrected chi connectivity index (χ3v) is 5.01. The Kier molecular flexibility index (Phi) is 3.91. The molecule has 0 fully saturated rings. The molecule has 6 nitrogen and oxygen atoms in total. The first kappa shape index (κ1) is 14.0. The maximum Gasteiger partial charge on any atom is 0.282 e. The number of pyridine rings is 1. The number of sulfonamides is 1. The maximum atomic E-state index is 12.5. The minimum atomic E-state index is -3.65. The van der Waals surface area contributed by atoms with E-state index in [0.29, 0.717) is 12.4 Å². The summed E-state index contributed by atoms with van der Waals surface area (Å²) in [5.41, 5.74) is 0. The summed E-state index contributed by atoms with van der Waals surface area (Å²) in [5, 5.41) is 4.03. The predicted octanol–water partition coefficient (Wildman–Crippen LogP) is 1.79. The lowest BCUT2D eigenvalue weighted by Crippen LogP contribution is -2.32. The van der Waals surface area contributed by atoms with Gasteiger partial charge >= 0.3 is 0 Å². The van der Waals surface area contributed by atoms with Gasteiger partial charge in [-0.05, 0) is 41.1 Å². The lowest BCUT2D eigenvalue weighted by molar-refractivity contribution is 0.572. The van der Waals surface area contributed by atoms with Gasteiger partial charge < -0.3 is 0 Å². The van der Waals surface area contributed by atoms with Gasteiger partial charge in [0.05, 0.1) is 6.20 Å². The number of rotatable bonds is 4. The number of hydrogen-bond donors (Lipinski definition) is 0. The molecule has 0 aliphatic heterocycles. The minimum Gasteiger partial charge on any atom is -0.256 e. The van der Waals surface area contributed by atoms with E-state index < -0.39 is 10.0 Å². The minimum absolute atomic E-state index is 0.138. The highest BCUT2D eigenvalue weighted by Gasteiger charge is 2.27. The molecule has 0 aromatic carbocycles. The number of hydrogen-bond acceptors (Lipinski definition) is 4. The molecule has 0 spiro atoms. The molecule has 8 heteroatoms. The lowest BCUT2D eigenvalue weighted by Gasteiger charge is -2.21. The molecule has 2 heterocycles. The van der Waals surface area contributed by atoms with Crippen molar-refractivity contribution in [1.29, 1.82) is 0 Å². The van der Waals surface area contributed by atoms with Crippen LogP contribution in [0.5, 0.6) is 0 Å². The largest absolute Gasteiger partial charge is 0.282 e. The Morgan fingerprint density at radius 2 is 2.11 bits per heavy atom. The van der Waals surface area contributed by atoms with Gasteiger partial charge in [0.15, 0.2) is 5.03 Å². The standard InChI is InChI=1S/C11H13BrN4O2S/c1-3-16(10-5-4-9(12)8-13-10)19(17,18)11-6-7-14-15(11)2/h4-8H,3H2,1-2H3. The number of aromatic nitrogens is 3. The average molecular weight is 345 g/mol. The van der Waals surface area contributed by atoms with E-state index in [4.69, 9.17) is 0 Å². The predicted molar refractivity (Wildman–Crippen MR) is 75.4 cm³/mol. The quantitative estimate of drug-likeness (QED) is 0.847. The molecule has 19 heavy (non-hydrogen) atoms. The van der Waals surface area contributed by atoms with Gasteiger partial charge in [-0.2, -0.15) is 13.5 Å². The van der Waals surface area contributed by atoms with Crippen LogP contribution in [0.25, 0.3) is 0 Å². The summed E-state index contributed by atoms with van der Waals surface area (Å²) >= 11 is 3.27. The summed E-state index contributed by atoms with van der Waals surface area (Å²) in [4.78, 5) is 4.13. The number of anilines is 1. The van der Waals surface area contributed by atoms with Crippen LogP contribution in [0, 0.1) is 0 Å². The van der Waals surface area contributed by atoms with Crippen LogP contribution >= 0.6 is 15.9 Å². The second kappa shape index (κ2) is 5.30. The van der Waals surface area contributed by atoms with Crippen LogP contribution in [-0.4, -0.2) is 29.7 Å². The van der Waals surface area contributed by atoms with Crippen LogP contribution in [0.15, 0.2) is 40.1 Å². The second-order valence-corrected chi connectivity index (χ2v) is 6.52. The highest BCUT2D eigenvalue weighted by atomic mass is 79.9. The van der Waals surface area contributed by atoms with Crippen molar-refractivity contribution in [3.63, 3.8) is 0 Å². The molecule has 2 rings (SSSR count). The topological polar surface area (TPSA) is 68.1 Å². The molecule has 102 valence electrons. The van der Waals surface area contributed by atoms with Crippen LogP contribution in [0.3, 0.4) is 0 Å². The van der Waals surface area contributed by atoms with Crippen molar-refractivity contribution in [1.82, 2.24) is 14.8 Å². The van der Waals surface area contributed by atoms with E-state index in [0.717, 1.165) is 4.47 Å². The van der Waals surface area contributed by atoms with E-state index in [1.165, 1.54) is 21.3 Å². The van der Waals surface area contributed by atoms with E-state index in [-0.39, 0.29) is 5.03 Å². The lowest BCUT2D eigenvalue weighted by atomic mass is 10.4. The van der Waals surface area contributed by atoms with Crippen molar-refractivity contribution < 1.29 is 8.42 Å². The third kappa shape index (κ3) is 2.64. The van der Waals surface area contributed by atoms with Crippen molar-refractivity contribution in [3.8, 4) is 0 Å². The summed E-state index contributed by atoms with van der Waals surface area (Å²) in [6, 6.07) is 4.88. The molecule has 0 amide bonds. The Labute approximate surface area is 120 Å². The van der Waals surface area contributed by atoms with Gasteiger partial charge in [-0.3, -0.25) is 4.68 Å². The van der Waals surface area contributed by atoms with E-state index in [1.54, 1.807) is 32.3 Å². The fourth-order valence-corrected chi connectivity index (χ4v) is 3.47. The van der Waals surface area contributed by atoms with Gasteiger partial charge in [-0.1, -0.05) is 0 Å². The maximum absolute atomic E-state index is 12.5. The normalized spacial score (nSPS) is 11.5. The van der Waals surface area contributed by atoms with Gasteiger partial charge in [0.2, 0.25) is 0 Å². The van der Waals surface area contributed by atoms with Crippen molar-refractivity contribution in [3.05, 3.63) is 35.1 Å². The average Bonchev–Trinajstić information content (AvgIpc) is 2.79. The molecule has 0 aliphatic rings. The van der Waals surface area contributed by atoms with Crippen LogP contribution < -0.4 is 4.31 Å². The zero-order chi connectivity index (χ0) is 14.0. The Balaban J connectivity index is 2.48. The number of halogens is 1. The Morgan fingerprint density at radius 3 is 2.58 bits per heavy atom. The molecular weight excluding hydrogens is 332 g/mol. The molecule has 0 saturated carbocycles.